The molecule has 14 rings (SSSR count). The molecule has 1 aliphatic rings. The number of hydrogen-bond donors (Lipinski definition) is 0. The van der Waals surface area contributed by atoms with Gasteiger partial charge in [0.2, 0.25) is 11.9 Å². The Balaban J connectivity index is 0.999. The fourth-order valence-electron chi connectivity index (χ4n) is 10.3. The molecule has 0 unspecified atom stereocenters. The second-order valence-electron chi connectivity index (χ2n) is 17.3. The van der Waals surface area contributed by atoms with Gasteiger partial charge < -0.3 is 0 Å². The van der Waals surface area contributed by atoms with Crippen molar-refractivity contribution in [3.8, 4) is 56.0 Å². The molecule has 5 heterocycles. The van der Waals surface area contributed by atoms with Crippen molar-refractivity contribution in [3.05, 3.63) is 211 Å². The summed E-state index contributed by atoms with van der Waals surface area (Å²) in [5.74, 6) is 1.30. The number of fused-ring (bicyclic) bond motifs is 9. The minimum atomic E-state index is 0.648. The van der Waals surface area contributed by atoms with Crippen LogP contribution in [0.5, 0.6) is 0 Å². The largest absolute Gasteiger partial charge is 0.278 e. The highest BCUT2D eigenvalue weighted by Crippen LogP contribution is 2.44. The summed E-state index contributed by atoms with van der Waals surface area (Å²) < 4.78 is 5.60. The average Bonchev–Trinajstić information content (AvgIpc) is 4.08. The maximum Gasteiger partial charge on any atom is 0.235 e. The molecule has 0 saturated heterocycles. The monoisotopic (exact) mass is 874 g/mol. The molecular weight excluding hydrogens is 837 g/mol. The van der Waals surface area contributed by atoms with Crippen LogP contribution in [-0.2, 0) is 6.42 Å². The Morgan fingerprint density at radius 3 is 1.85 bits per heavy atom. The zero-order chi connectivity index (χ0) is 44.0. The van der Waals surface area contributed by atoms with Crippen LogP contribution in [0, 0.1) is 0 Å². The summed E-state index contributed by atoms with van der Waals surface area (Å²) in [4.78, 5) is 22.7. The van der Waals surface area contributed by atoms with Crippen molar-refractivity contribution >= 4 is 82.1 Å². The molecule has 0 radical (unpaired) electrons. The highest BCUT2D eigenvalue weighted by Gasteiger charge is 2.24. The SMILES string of the molecule is C1=Cc2cc3c(cc2CC1)c1cc(-c2cccc4c2c2ccccc2n4-c2nc(-c4ccccc4)c4sc(-c5ccccc5)cc4n2)ccc1n3-c1nc(-c2ccccc2)c2ccccc2n1. The Kier molecular flexibility index (Phi) is 8.48. The summed E-state index contributed by atoms with van der Waals surface area (Å²) in [6.45, 7) is 0. The van der Waals surface area contributed by atoms with E-state index in [-0.39, 0.29) is 0 Å². The van der Waals surface area contributed by atoms with Crippen LogP contribution in [-0.4, -0.2) is 29.1 Å². The number of aromatic nitrogens is 6. The van der Waals surface area contributed by atoms with Crippen molar-refractivity contribution in [3.63, 3.8) is 0 Å². The number of aryl methyl sites for hydroxylation is 1. The van der Waals surface area contributed by atoms with Crippen LogP contribution in [0.2, 0.25) is 0 Å². The first-order chi connectivity index (χ1) is 33.2. The van der Waals surface area contributed by atoms with Gasteiger partial charge in [-0.1, -0.05) is 158 Å². The molecule has 7 heteroatoms. The quantitative estimate of drug-likeness (QED) is 0.167. The number of benzene rings is 8. The van der Waals surface area contributed by atoms with E-state index in [1.807, 2.05) is 6.07 Å². The summed E-state index contributed by atoms with van der Waals surface area (Å²) in [7, 11) is 0. The fraction of sp³-hybridized carbons (Fsp3) is 0.0333. The van der Waals surface area contributed by atoms with Crippen molar-refractivity contribution < 1.29 is 0 Å². The van der Waals surface area contributed by atoms with E-state index in [1.165, 1.54) is 27.0 Å². The molecule has 314 valence electrons. The zero-order valence-corrected chi connectivity index (χ0v) is 37.0. The van der Waals surface area contributed by atoms with Crippen LogP contribution in [0.4, 0.5) is 0 Å². The summed E-state index contributed by atoms with van der Waals surface area (Å²) in [6, 6.07) is 69.1. The first kappa shape index (κ1) is 37.8. The molecule has 0 saturated carbocycles. The Morgan fingerprint density at radius 1 is 0.418 bits per heavy atom. The van der Waals surface area contributed by atoms with E-state index in [2.05, 4.69) is 209 Å². The molecule has 1 aliphatic carbocycles. The predicted octanol–water partition coefficient (Wildman–Crippen LogP) is 15.5. The molecule has 0 atom stereocenters. The first-order valence-corrected chi connectivity index (χ1v) is 23.6. The van der Waals surface area contributed by atoms with Gasteiger partial charge in [0.25, 0.3) is 0 Å². The molecule has 0 fully saturated rings. The molecular formula is C60H38N6S. The maximum atomic E-state index is 5.45. The normalized spacial score (nSPS) is 12.6. The topological polar surface area (TPSA) is 61.4 Å². The van der Waals surface area contributed by atoms with Crippen molar-refractivity contribution in [1.82, 2.24) is 29.1 Å². The van der Waals surface area contributed by atoms with E-state index < -0.39 is 0 Å². The molecule has 8 aromatic carbocycles. The summed E-state index contributed by atoms with van der Waals surface area (Å²) in [5.41, 5.74) is 16.2. The first-order valence-electron chi connectivity index (χ1n) is 22.8. The molecule has 0 aliphatic heterocycles. The summed E-state index contributed by atoms with van der Waals surface area (Å²) in [6.07, 6.45) is 6.59. The van der Waals surface area contributed by atoms with Gasteiger partial charge in [0.1, 0.15) is 0 Å². The Labute approximate surface area is 389 Å². The molecule has 6 nitrogen and oxygen atoms in total. The minimum absolute atomic E-state index is 0.648. The lowest BCUT2D eigenvalue weighted by Crippen LogP contribution is -2.04. The number of nitrogens with zero attached hydrogens (tertiary/aromatic N) is 6. The number of thiophene rings is 1. The summed E-state index contributed by atoms with van der Waals surface area (Å²) >= 11 is 1.75. The second kappa shape index (κ2) is 15.0. The van der Waals surface area contributed by atoms with Crippen LogP contribution in [0.1, 0.15) is 17.5 Å². The van der Waals surface area contributed by atoms with Crippen LogP contribution in [0.15, 0.2) is 200 Å². The van der Waals surface area contributed by atoms with Crippen molar-refractivity contribution in [2.45, 2.75) is 12.8 Å². The number of hydrogen-bond acceptors (Lipinski definition) is 5. The zero-order valence-electron chi connectivity index (χ0n) is 36.1. The van der Waals surface area contributed by atoms with Gasteiger partial charge in [-0.25, -0.2) is 19.9 Å². The second-order valence-corrected chi connectivity index (χ2v) is 18.4. The van der Waals surface area contributed by atoms with Crippen molar-refractivity contribution in [2.75, 3.05) is 0 Å². The highest BCUT2D eigenvalue weighted by molar-refractivity contribution is 7.22. The average molecular weight is 875 g/mol. The lowest BCUT2D eigenvalue weighted by Gasteiger charge is -2.13. The molecule has 67 heavy (non-hydrogen) atoms. The molecule has 5 aromatic heterocycles. The number of rotatable bonds is 6. The highest BCUT2D eigenvalue weighted by atomic mass is 32.1. The molecule has 13 aromatic rings. The van der Waals surface area contributed by atoms with E-state index in [9.17, 15) is 0 Å². The third-order valence-corrected chi connectivity index (χ3v) is 14.6. The van der Waals surface area contributed by atoms with Gasteiger partial charge in [-0.15, -0.1) is 11.3 Å². The smallest absolute Gasteiger partial charge is 0.235 e. The minimum Gasteiger partial charge on any atom is -0.278 e. The molecule has 0 N–H and O–H groups in total. The van der Waals surface area contributed by atoms with Crippen LogP contribution in [0.3, 0.4) is 0 Å². The van der Waals surface area contributed by atoms with E-state index in [0.717, 1.165) is 106 Å². The van der Waals surface area contributed by atoms with Gasteiger partial charge in [-0.3, -0.25) is 9.13 Å². The van der Waals surface area contributed by atoms with Crippen molar-refractivity contribution in [1.29, 1.82) is 0 Å². The van der Waals surface area contributed by atoms with Crippen LogP contribution >= 0.6 is 11.3 Å². The van der Waals surface area contributed by atoms with Crippen LogP contribution < -0.4 is 0 Å². The van der Waals surface area contributed by atoms with Crippen LogP contribution in [0.25, 0.3) is 127 Å². The van der Waals surface area contributed by atoms with Gasteiger partial charge in [0, 0.05) is 42.9 Å². The lowest BCUT2D eigenvalue weighted by molar-refractivity contribution is 0.984. The van der Waals surface area contributed by atoms with Crippen molar-refractivity contribution in [2.24, 2.45) is 0 Å². The Morgan fingerprint density at radius 2 is 1.04 bits per heavy atom. The number of allylic oxidation sites excluding steroid dienone is 1. The third-order valence-electron chi connectivity index (χ3n) is 13.4. The lowest BCUT2D eigenvalue weighted by atomic mass is 9.94. The van der Waals surface area contributed by atoms with E-state index in [4.69, 9.17) is 19.9 Å². The molecule has 0 amide bonds. The summed E-state index contributed by atoms with van der Waals surface area (Å²) in [5, 5.41) is 5.70. The van der Waals surface area contributed by atoms with E-state index in [1.54, 1.807) is 11.3 Å². The standard InChI is InChI=1S/C60H38N6S/c1-4-17-37(18-5-1)54-36-49-58(67-54)57(39-21-8-3-9-22-39)64-60(62-49)65-50-29-15-13-26-45(50)55-43(27-16-30-52(55)65)42-31-32-51-46(34-42)47-33-40-23-10-11-24-41(40)35-53(47)66(51)59-61-48-28-14-12-25-44(48)56(63-59)38-19-6-2-7-20-38/h1-9,11-22,24-36H,10,23H2. The fourth-order valence-corrected chi connectivity index (χ4v) is 11.5. The van der Waals surface area contributed by atoms with E-state index in [0.29, 0.717) is 11.9 Å². The third kappa shape index (κ3) is 6.02. The van der Waals surface area contributed by atoms with Gasteiger partial charge in [0.15, 0.2) is 0 Å². The maximum absolute atomic E-state index is 5.45. The van der Waals surface area contributed by atoms with E-state index >= 15 is 0 Å². The Bertz CT molecular complexity index is 4150. The van der Waals surface area contributed by atoms with Gasteiger partial charge in [-0.05, 0) is 89.2 Å². The Hall–Kier alpha value is -8.52. The molecule has 0 bridgehead atoms. The van der Waals surface area contributed by atoms with Gasteiger partial charge in [-0.2, -0.15) is 0 Å². The number of para-hydroxylation sites is 2. The van der Waals surface area contributed by atoms with Gasteiger partial charge >= 0.3 is 0 Å². The molecule has 0 spiro atoms. The predicted molar refractivity (Wildman–Crippen MR) is 278 cm³/mol. The van der Waals surface area contributed by atoms with Gasteiger partial charge in [0.05, 0.1) is 49.2 Å².